The molecule has 79 heavy (non-hydrogen) atoms. The number of aliphatic carboxylic acids is 2. The number of aromatic nitrogens is 4. The molecule has 0 saturated carbocycles. The maximum atomic E-state index is 14.6. The molecule has 4 saturated heterocycles. The van der Waals surface area contributed by atoms with Crippen molar-refractivity contribution in [3.8, 4) is 0 Å². The Morgan fingerprint density at radius 1 is 0.709 bits per heavy atom. The van der Waals surface area contributed by atoms with Gasteiger partial charge >= 0.3 is 24.3 Å². The minimum atomic E-state index is -4.62. The number of aliphatic hydroxyl groups is 1. The van der Waals surface area contributed by atoms with Crippen LogP contribution in [0.25, 0.3) is 0 Å². The Balaban J connectivity index is 0.000000275. The van der Waals surface area contributed by atoms with Crippen LogP contribution in [-0.2, 0) is 31.5 Å². The third-order valence-corrected chi connectivity index (χ3v) is 13.6. The molecule has 19 nitrogen and oxygen atoms in total. The predicted octanol–water partition coefficient (Wildman–Crippen LogP) is 8.13. The van der Waals surface area contributed by atoms with Gasteiger partial charge in [0.05, 0.1) is 35.0 Å². The number of aliphatic hydroxyl groups excluding tert-OH is 1. The van der Waals surface area contributed by atoms with Crippen molar-refractivity contribution in [1.29, 1.82) is 0 Å². The summed E-state index contributed by atoms with van der Waals surface area (Å²) in [6, 6.07) is 3.09. The number of piperidine rings is 4. The lowest BCUT2D eigenvalue weighted by Gasteiger charge is -2.45. The van der Waals surface area contributed by atoms with E-state index in [1.165, 1.54) is 21.9 Å². The molecule has 0 unspecified atom stereocenters. The topological polar surface area (TPSA) is 278 Å². The van der Waals surface area contributed by atoms with Crippen molar-refractivity contribution in [1.82, 2.24) is 35.1 Å². The van der Waals surface area contributed by atoms with Gasteiger partial charge in [0.25, 0.3) is 0 Å². The highest BCUT2D eigenvalue weighted by Gasteiger charge is 2.44. The fourth-order valence-electron chi connectivity index (χ4n) is 9.10. The van der Waals surface area contributed by atoms with Crippen LogP contribution in [0.2, 0.25) is 15.2 Å². The van der Waals surface area contributed by atoms with Crippen LogP contribution in [0.5, 0.6) is 0 Å². The van der Waals surface area contributed by atoms with Gasteiger partial charge in [0.15, 0.2) is 22.6 Å². The maximum Gasteiger partial charge on any atom is 0.416 e. The van der Waals surface area contributed by atoms with Crippen LogP contribution in [0, 0.1) is 23.5 Å². The number of rotatable bonds is 11. The molecule has 436 valence electrons. The number of carbonyl (C=O) groups excluding carboxylic acids is 2. The fourth-order valence-corrected chi connectivity index (χ4v) is 9.71. The number of nitrogens with zero attached hydrogens (tertiary/aromatic N) is 7. The molecule has 6 heterocycles. The van der Waals surface area contributed by atoms with E-state index in [-0.39, 0.29) is 88.4 Å². The standard InChI is InChI=1S/C22H23ClF4N6O3.C18H21ClF3N3O3.C4H3ClFN3.C4H10O.ClH/c23-12-6-11(22(25,26)27)7-13(8-12)31-15-2-1-4-33(20(15)34)16-9-32(5-3-14(16)21(35)36)19-17(24)18(28)29-10-30-19;19-11-6-10(18(20,21)22)7-12(8-11)24-14-2-1-5-25(16(14)26)15-9-23-4-3-13(15)17(27)28;5-3-2(6)4(7)9-1-8-3;1-2-3-4-5;/h6-8,10,14-16,31H,1-5,9H2,(H,35,36)(H2,28,29,30);6-8,13-15,23-24H,1-5,9H2,(H,27,28);1H,(H2,7,8,9);5H,2-4H2,1H3;1H/t14-,15+,16-;13-,14+,15-;;;/m00.../s1. The molecule has 8 rings (SSSR count). The third kappa shape index (κ3) is 18.0. The number of likely N-dealkylation sites (tertiary alicyclic amines) is 2. The molecule has 0 aliphatic carbocycles. The van der Waals surface area contributed by atoms with Gasteiger partial charge in [-0.2, -0.15) is 35.1 Å². The second-order valence-electron chi connectivity index (χ2n) is 18.3. The molecule has 2 aromatic heterocycles. The number of nitrogens with two attached hydrogens (primary N) is 2. The van der Waals surface area contributed by atoms with Crippen LogP contribution in [0.15, 0.2) is 49.1 Å². The van der Waals surface area contributed by atoms with Crippen LogP contribution in [0.1, 0.15) is 69.4 Å². The Morgan fingerprint density at radius 3 is 1.63 bits per heavy atom. The lowest BCUT2D eigenvalue weighted by Crippen LogP contribution is -2.61. The Labute approximate surface area is 469 Å². The average molecular weight is 1210 g/mol. The molecule has 31 heteroatoms. The summed E-state index contributed by atoms with van der Waals surface area (Å²) in [7, 11) is 0. The molecule has 0 spiro atoms. The second kappa shape index (κ2) is 29.5. The quantitative estimate of drug-likeness (QED) is 0.0520. The molecule has 6 atom stereocenters. The van der Waals surface area contributed by atoms with Gasteiger partial charge < -0.3 is 57.4 Å². The first kappa shape index (κ1) is 65.5. The molecule has 0 radical (unpaired) electrons. The Morgan fingerprint density at radius 2 is 1.19 bits per heavy atom. The average Bonchev–Trinajstić information content (AvgIpc) is 3.39. The fraction of sp³-hybridized carbons (Fsp3) is 0.500. The van der Waals surface area contributed by atoms with Gasteiger partial charge in [-0.25, -0.2) is 19.9 Å². The van der Waals surface area contributed by atoms with Crippen molar-refractivity contribution in [3.63, 3.8) is 0 Å². The van der Waals surface area contributed by atoms with Gasteiger partial charge in [-0.1, -0.05) is 48.1 Å². The third-order valence-electron chi connectivity index (χ3n) is 12.9. The zero-order chi connectivity index (χ0) is 57.6. The van der Waals surface area contributed by atoms with Crippen LogP contribution >= 0.6 is 47.2 Å². The zero-order valence-corrected chi connectivity index (χ0v) is 45.1. The van der Waals surface area contributed by atoms with Gasteiger partial charge in [-0.15, -0.1) is 12.4 Å². The summed E-state index contributed by atoms with van der Waals surface area (Å²) >= 11 is 16.9. The van der Waals surface area contributed by atoms with Gasteiger partial charge in [-0.3, -0.25) is 19.2 Å². The number of nitrogens with one attached hydrogen (secondary N) is 3. The minimum Gasteiger partial charge on any atom is -0.481 e. The van der Waals surface area contributed by atoms with Gasteiger partial charge in [0.1, 0.15) is 24.7 Å². The Hall–Kier alpha value is -6.00. The summed E-state index contributed by atoms with van der Waals surface area (Å²) < 4.78 is 105. The number of anilines is 5. The smallest absolute Gasteiger partial charge is 0.416 e. The number of carboxylic acids is 2. The van der Waals surface area contributed by atoms with Crippen LogP contribution < -0.4 is 32.3 Å². The molecule has 4 aliphatic heterocycles. The lowest BCUT2D eigenvalue weighted by molar-refractivity contribution is -0.150. The summed E-state index contributed by atoms with van der Waals surface area (Å²) in [6.45, 7) is 4.18. The number of benzene rings is 2. The van der Waals surface area contributed by atoms with Crippen molar-refractivity contribution >= 4 is 99.8 Å². The van der Waals surface area contributed by atoms with E-state index >= 15 is 0 Å². The highest BCUT2D eigenvalue weighted by atomic mass is 35.5. The Bertz CT molecular complexity index is 2700. The molecular weight excluding hydrogens is 1150 g/mol. The van der Waals surface area contributed by atoms with E-state index in [4.69, 9.17) is 51.4 Å². The molecule has 4 aromatic rings. The molecule has 4 fully saturated rings. The number of alkyl halides is 6. The highest BCUT2D eigenvalue weighted by molar-refractivity contribution is 6.31. The van der Waals surface area contributed by atoms with Crippen molar-refractivity contribution < 1.29 is 69.6 Å². The normalized spacial score (nSPS) is 21.4. The summed E-state index contributed by atoms with van der Waals surface area (Å²) in [6.07, 6.45) is -2.52. The summed E-state index contributed by atoms with van der Waals surface area (Å²) in [5, 5.41) is 35.6. The lowest BCUT2D eigenvalue weighted by atomic mass is 9.88. The first-order valence-corrected chi connectivity index (χ1v) is 25.5. The summed E-state index contributed by atoms with van der Waals surface area (Å²) in [5.74, 6) is -6.67. The largest absolute Gasteiger partial charge is 0.481 e. The van der Waals surface area contributed by atoms with E-state index in [9.17, 15) is 64.5 Å². The van der Waals surface area contributed by atoms with Gasteiger partial charge in [-0.05, 0) is 87.9 Å². The van der Waals surface area contributed by atoms with Crippen molar-refractivity contribution in [3.05, 3.63) is 87.0 Å². The minimum absolute atomic E-state index is 0. The SMILES string of the molecule is CCCCO.Cl.Nc1ncnc(Cl)c1F.Nc1ncnc(N2CC[C@H](C(=O)O)[C@@H](N3CCC[C@@H](Nc4cc(Cl)cc(C(F)(F)F)c4)C3=O)C2)c1F.O=C(O)[C@H]1CCNC[C@@H]1N1CCC[C@@H](Nc2cc(Cl)cc(C(F)(F)F)c2)C1=O. The van der Waals surface area contributed by atoms with Crippen molar-refractivity contribution in [2.45, 2.75) is 94.8 Å². The molecule has 2 amide bonds. The Kier molecular flexibility index (Phi) is 24.4. The van der Waals surface area contributed by atoms with Gasteiger partial charge in [0, 0.05) is 60.8 Å². The summed E-state index contributed by atoms with van der Waals surface area (Å²) in [4.78, 5) is 68.6. The number of carbonyl (C=O) groups is 4. The van der Waals surface area contributed by atoms with E-state index in [0.29, 0.717) is 58.3 Å². The van der Waals surface area contributed by atoms with E-state index in [1.54, 1.807) is 4.90 Å². The number of hydrogen-bond acceptors (Lipinski definition) is 15. The van der Waals surface area contributed by atoms with E-state index in [1.807, 2.05) is 0 Å². The van der Waals surface area contributed by atoms with Crippen molar-refractivity contribution in [2.75, 3.05) is 72.9 Å². The number of halogens is 12. The van der Waals surface area contributed by atoms with Crippen LogP contribution in [-0.4, -0.2) is 139 Å². The number of nitrogen functional groups attached to an aromatic ring is 2. The highest BCUT2D eigenvalue weighted by Crippen LogP contribution is 2.37. The van der Waals surface area contributed by atoms with E-state index in [0.717, 1.165) is 49.8 Å². The molecule has 2 aromatic carbocycles. The monoisotopic (exact) mass is 1210 g/mol. The number of unbranched alkanes of at least 4 members (excludes halogenated alkanes) is 1. The van der Waals surface area contributed by atoms with Crippen molar-refractivity contribution in [2.24, 2.45) is 11.8 Å². The first-order chi connectivity index (χ1) is 36.7. The van der Waals surface area contributed by atoms with Crippen LogP contribution in [0.4, 0.5) is 64.0 Å². The number of amides is 2. The predicted molar refractivity (Wildman–Crippen MR) is 281 cm³/mol. The zero-order valence-electron chi connectivity index (χ0n) is 42.0. The van der Waals surface area contributed by atoms with E-state index in [2.05, 4.69) is 42.8 Å². The second-order valence-corrected chi connectivity index (χ2v) is 19.5. The molecular formula is C48H58Cl4F8N12O7. The summed E-state index contributed by atoms with van der Waals surface area (Å²) in [5.41, 5.74) is 8.82. The first-order valence-electron chi connectivity index (χ1n) is 24.3. The molecule has 4 aliphatic rings. The number of hydrogen-bond donors (Lipinski definition) is 8. The van der Waals surface area contributed by atoms with Crippen LogP contribution in [0.3, 0.4) is 0 Å². The van der Waals surface area contributed by atoms with E-state index < -0.39 is 89.0 Å². The number of carboxylic acid groups (broad SMARTS) is 2. The molecule has 0 bridgehead atoms. The maximum absolute atomic E-state index is 14.6. The van der Waals surface area contributed by atoms with Gasteiger partial charge in [0.2, 0.25) is 23.4 Å². The molecule has 10 N–H and O–H groups in total.